The molecule has 25 heavy (non-hydrogen) atoms. The normalized spacial score (nSPS) is 18.2. The van der Waals surface area contributed by atoms with E-state index in [4.69, 9.17) is 4.74 Å². The van der Waals surface area contributed by atoms with Gasteiger partial charge >= 0.3 is 5.97 Å². The van der Waals surface area contributed by atoms with Crippen LogP contribution in [0.3, 0.4) is 0 Å². The van der Waals surface area contributed by atoms with Gasteiger partial charge in [-0.25, -0.2) is 14.8 Å². The highest BCUT2D eigenvalue weighted by Crippen LogP contribution is 2.44. The number of hydrogen-bond acceptors (Lipinski definition) is 4. The fourth-order valence-electron chi connectivity index (χ4n) is 2.69. The van der Waals surface area contributed by atoms with E-state index in [9.17, 15) is 4.79 Å². The average Bonchev–Trinajstić information content (AvgIpc) is 2.56. The van der Waals surface area contributed by atoms with Crippen LogP contribution in [0.15, 0.2) is 36.2 Å². The first-order valence-electron chi connectivity index (χ1n) is 8.64. The van der Waals surface area contributed by atoms with E-state index < -0.39 is 5.97 Å². The van der Waals surface area contributed by atoms with Crippen molar-refractivity contribution in [2.24, 2.45) is 10.8 Å². The van der Waals surface area contributed by atoms with Gasteiger partial charge in [-0.15, -0.1) is 0 Å². The third-order valence-corrected chi connectivity index (χ3v) is 4.42. The average molecular weight is 338 g/mol. The van der Waals surface area contributed by atoms with E-state index in [0.29, 0.717) is 18.0 Å². The lowest BCUT2D eigenvalue weighted by Gasteiger charge is -2.37. The third kappa shape index (κ3) is 5.29. The molecular formula is C21H26N2O2. The largest absolute Gasteiger partial charge is 0.462 e. The number of aromatic nitrogens is 2. The predicted molar refractivity (Wildman–Crippen MR) is 98.9 cm³/mol. The molecular weight excluding hydrogens is 312 g/mol. The maximum Gasteiger partial charge on any atom is 0.341 e. The Morgan fingerprint density at radius 1 is 1.24 bits per heavy atom. The molecule has 1 heterocycles. The number of carbonyl (C=O) groups excluding carboxylic acids is 1. The van der Waals surface area contributed by atoms with Crippen LogP contribution in [-0.2, 0) is 4.74 Å². The van der Waals surface area contributed by atoms with Crippen molar-refractivity contribution in [2.45, 2.75) is 47.5 Å². The molecule has 4 nitrogen and oxygen atoms in total. The molecule has 0 saturated heterocycles. The van der Waals surface area contributed by atoms with Gasteiger partial charge < -0.3 is 4.74 Å². The van der Waals surface area contributed by atoms with Gasteiger partial charge in [0.05, 0.1) is 12.2 Å². The Morgan fingerprint density at radius 2 is 1.92 bits per heavy atom. The van der Waals surface area contributed by atoms with Crippen LogP contribution in [0.2, 0.25) is 0 Å². The summed E-state index contributed by atoms with van der Waals surface area (Å²) in [4.78, 5) is 19.7. The molecule has 1 aliphatic rings. The Labute approximate surface area is 150 Å². The van der Waals surface area contributed by atoms with E-state index in [2.05, 4.69) is 61.7 Å². The Kier molecular flexibility index (Phi) is 5.79. The summed E-state index contributed by atoms with van der Waals surface area (Å²) >= 11 is 0. The molecule has 0 aliphatic heterocycles. The molecule has 1 aromatic rings. The van der Waals surface area contributed by atoms with Crippen molar-refractivity contribution in [3.8, 4) is 11.8 Å². The summed E-state index contributed by atoms with van der Waals surface area (Å²) in [6.45, 7) is 11.1. The zero-order valence-corrected chi connectivity index (χ0v) is 15.7. The lowest BCUT2D eigenvalue weighted by Crippen LogP contribution is -2.25. The Morgan fingerprint density at radius 3 is 2.56 bits per heavy atom. The fourth-order valence-corrected chi connectivity index (χ4v) is 2.69. The van der Waals surface area contributed by atoms with Crippen LogP contribution in [0, 0.1) is 22.7 Å². The second-order valence-electron chi connectivity index (χ2n) is 7.59. The Hall–Kier alpha value is -2.41. The van der Waals surface area contributed by atoms with Crippen molar-refractivity contribution < 1.29 is 9.53 Å². The van der Waals surface area contributed by atoms with Crippen LogP contribution in [-0.4, -0.2) is 22.5 Å². The number of nitrogens with zero attached hydrogens (tertiary/aromatic N) is 2. The highest BCUT2D eigenvalue weighted by atomic mass is 16.5. The maximum absolute atomic E-state index is 11.5. The molecule has 0 radical (unpaired) electrons. The monoisotopic (exact) mass is 338 g/mol. The highest BCUT2D eigenvalue weighted by molar-refractivity contribution is 5.88. The smallest absolute Gasteiger partial charge is 0.341 e. The molecule has 1 aromatic heterocycles. The number of esters is 1. The summed E-state index contributed by atoms with van der Waals surface area (Å²) in [6, 6.07) is 0. The summed E-state index contributed by atoms with van der Waals surface area (Å²) in [6.07, 6.45) is 11.5. The van der Waals surface area contributed by atoms with E-state index >= 15 is 0 Å². The summed E-state index contributed by atoms with van der Waals surface area (Å²) < 4.78 is 4.90. The van der Waals surface area contributed by atoms with Gasteiger partial charge in [0.25, 0.3) is 0 Å². The quantitative estimate of drug-likeness (QED) is 0.608. The lowest BCUT2D eigenvalue weighted by molar-refractivity contribution is 0.0525. The predicted octanol–water partition coefficient (Wildman–Crippen LogP) is 4.33. The number of hydrogen-bond donors (Lipinski definition) is 0. The van der Waals surface area contributed by atoms with Gasteiger partial charge in [-0.2, -0.15) is 0 Å². The Bertz CT molecular complexity index is 744. The zero-order chi connectivity index (χ0) is 18.5. The van der Waals surface area contributed by atoms with E-state index in [1.165, 1.54) is 30.8 Å². The maximum atomic E-state index is 11.5. The Balaban J connectivity index is 2.08. The molecule has 0 N–H and O–H groups in total. The fraction of sp³-hybridized carbons (Fsp3) is 0.476. The molecule has 0 atom stereocenters. The van der Waals surface area contributed by atoms with Gasteiger partial charge in [0.2, 0.25) is 5.82 Å². The van der Waals surface area contributed by atoms with Crippen LogP contribution in [0.4, 0.5) is 0 Å². The van der Waals surface area contributed by atoms with Gasteiger partial charge in [0.1, 0.15) is 0 Å². The van der Waals surface area contributed by atoms with Crippen LogP contribution in [0.25, 0.3) is 0 Å². The summed E-state index contributed by atoms with van der Waals surface area (Å²) in [5.41, 5.74) is 2.05. The molecule has 0 saturated carbocycles. The van der Waals surface area contributed by atoms with E-state index in [0.717, 1.165) is 0 Å². The molecule has 0 aromatic carbocycles. The number of allylic oxidation sites excluding steroid dienone is 4. The molecule has 0 spiro atoms. The zero-order valence-electron chi connectivity index (χ0n) is 15.7. The molecule has 4 heteroatoms. The lowest BCUT2D eigenvalue weighted by atomic mass is 9.67. The van der Waals surface area contributed by atoms with Gasteiger partial charge in [-0.3, -0.25) is 0 Å². The first-order chi connectivity index (χ1) is 11.7. The summed E-state index contributed by atoms with van der Waals surface area (Å²) in [5, 5.41) is 0. The van der Waals surface area contributed by atoms with Crippen LogP contribution >= 0.6 is 0 Å². The molecule has 0 fully saturated rings. The van der Waals surface area contributed by atoms with Crippen molar-refractivity contribution >= 4 is 5.97 Å². The van der Waals surface area contributed by atoms with Crippen LogP contribution in [0.1, 0.15) is 63.6 Å². The minimum absolute atomic E-state index is 0.172. The standard InChI is InChI=1S/C21H26N2O2/c1-6-25-19(24)16-14-22-18(23-15-16)10-8-7-9-17-13-20(2,3)11-12-21(17,4)5/h7,9,13-15H,6,11-12H2,1-5H3. The van der Waals surface area contributed by atoms with Gasteiger partial charge in [-0.05, 0) is 48.2 Å². The molecule has 0 unspecified atom stereocenters. The van der Waals surface area contributed by atoms with Crippen LogP contribution < -0.4 is 0 Å². The van der Waals surface area contributed by atoms with Crippen molar-refractivity contribution in [3.05, 3.63) is 47.6 Å². The second-order valence-corrected chi connectivity index (χ2v) is 7.59. The highest BCUT2D eigenvalue weighted by Gasteiger charge is 2.31. The van der Waals surface area contributed by atoms with E-state index in [1.54, 1.807) is 6.92 Å². The van der Waals surface area contributed by atoms with Gasteiger partial charge in [-0.1, -0.05) is 45.8 Å². The summed E-state index contributed by atoms with van der Waals surface area (Å²) in [7, 11) is 0. The number of ether oxygens (including phenoxy) is 1. The van der Waals surface area contributed by atoms with Crippen molar-refractivity contribution in [3.63, 3.8) is 0 Å². The molecule has 0 amide bonds. The third-order valence-electron chi connectivity index (χ3n) is 4.42. The van der Waals surface area contributed by atoms with Gasteiger partial charge in [0, 0.05) is 12.4 Å². The number of carbonyl (C=O) groups is 1. The minimum atomic E-state index is -0.420. The van der Waals surface area contributed by atoms with Crippen molar-refractivity contribution in [1.82, 2.24) is 9.97 Å². The molecule has 2 rings (SSSR count). The van der Waals surface area contributed by atoms with E-state index in [1.807, 2.05) is 6.08 Å². The first-order valence-corrected chi connectivity index (χ1v) is 8.64. The SMILES string of the molecule is CCOC(=O)c1cnc(C#CC=CC2=CC(C)(C)CCC2(C)C)nc1. The van der Waals surface area contributed by atoms with Crippen molar-refractivity contribution in [2.75, 3.05) is 6.61 Å². The molecule has 1 aliphatic carbocycles. The molecule has 132 valence electrons. The van der Waals surface area contributed by atoms with E-state index in [-0.39, 0.29) is 10.8 Å². The minimum Gasteiger partial charge on any atom is -0.462 e. The van der Waals surface area contributed by atoms with Crippen molar-refractivity contribution in [1.29, 1.82) is 0 Å². The van der Waals surface area contributed by atoms with Crippen LogP contribution in [0.5, 0.6) is 0 Å². The topological polar surface area (TPSA) is 52.1 Å². The molecule has 0 bridgehead atoms. The van der Waals surface area contributed by atoms with Gasteiger partial charge in [0.15, 0.2) is 0 Å². The second kappa shape index (κ2) is 7.65. The number of rotatable bonds is 3. The first kappa shape index (κ1) is 18.9. The summed E-state index contributed by atoms with van der Waals surface area (Å²) in [5.74, 6) is 5.83.